The number of carbonyl (C=O) groups excluding carboxylic acids is 1. The molecule has 2 aromatic heterocycles. The van der Waals surface area contributed by atoms with Gasteiger partial charge < -0.3 is 10.1 Å². The van der Waals surface area contributed by atoms with E-state index < -0.39 is 6.04 Å². The van der Waals surface area contributed by atoms with Crippen molar-refractivity contribution in [2.45, 2.75) is 13.0 Å². The van der Waals surface area contributed by atoms with E-state index in [1.165, 1.54) is 11.3 Å². The molecule has 0 radical (unpaired) electrons. The number of ether oxygens (including phenoxy) is 1. The summed E-state index contributed by atoms with van der Waals surface area (Å²) >= 11 is 7.50. The Kier molecular flexibility index (Phi) is 4.82. The van der Waals surface area contributed by atoms with E-state index >= 15 is 0 Å². The van der Waals surface area contributed by atoms with Crippen molar-refractivity contribution < 1.29 is 9.53 Å². The highest BCUT2D eigenvalue weighted by atomic mass is 35.5. The second-order valence-electron chi connectivity index (χ2n) is 5.04. The van der Waals surface area contributed by atoms with Crippen LogP contribution in [-0.2, 0) is 4.79 Å². The second kappa shape index (κ2) is 7.02. The van der Waals surface area contributed by atoms with Gasteiger partial charge in [-0.3, -0.25) is 9.48 Å². The minimum absolute atomic E-state index is 0.174. The fourth-order valence-electron chi connectivity index (χ4n) is 2.13. The molecule has 0 aliphatic carbocycles. The Bertz CT molecular complexity index is 848. The fourth-order valence-corrected chi connectivity index (χ4v) is 3.11. The molecule has 1 amide bonds. The number of carbonyl (C=O) groups is 1. The van der Waals surface area contributed by atoms with Crippen LogP contribution >= 0.6 is 22.9 Å². The number of thiazole rings is 1. The second-order valence-corrected chi connectivity index (χ2v) is 6.30. The molecule has 8 heteroatoms. The Labute approximate surface area is 148 Å². The third kappa shape index (κ3) is 3.42. The van der Waals surface area contributed by atoms with Gasteiger partial charge >= 0.3 is 0 Å². The zero-order chi connectivity index (χ0) is 17.1. The van der Waals surface area contributed by atoms with Crippen molar-refractivity contribution in [2.75, 3.05) is 12.4 Å². The Balaban J connectivity index is 1.74. The largest absolute Gasteiger partial charge is 0.495 e. The summed E-state index contributed by atoms with van der Waals surface area (Å²) in [6.07, 6.45) is 3.38. The molecule has 1 atom stereocenters. The van der Waals surface area contributed by atoms with Crippen LogP contribution in [0.1, 0.15) is 13.0 Å². The van der Waals surface area contributed by atoms with Gasteiger partial charge in [-0.15, -0.1) is 11.3 Å². The summed E-state index contributed by atoms with van der Waals surface area (Å²) in [6, 6.07) is 6.81. The van der Waals surface area contributed by atoms with Crippen molar-refractivity contribution >= 4 is 34.0 Å². The third-order valence-electron chi connectivity index (χ3n) is 3.48. The van der Waals surface area contributed by atoms with E-state index in [0.29, 0.717) is 15.9 Å². The molecule has 2 heterocycles. The van der Waals surface area contributed by atoms with Crippen LogP contribution < -0.4 is 10.1 Å². The number of hydrogen-bond donors (Lipinski definition) is 1. The first-order valence-electron chi connectivity index (χ1n) is 7.18. The monoisotopic (exact) mass is 362 g/mol. The molecule has 6 nitrogen and oxygen atoms in total. The molecule has 0 saturated carbocycles. The molecular weight excluding hydrogens is 348 g/mol. The number of anilines is 1. The maximum absolute atomic E-state index is 12.3. The minimum atomic E-state index is -0.414. The predicted molar refractivity (Wildman–Crippen MR) is 94.7 cm³/mol. The van der Waals surface area contributed by atoms with Crippen LogP contribution in [0.4, 0.5) is 5.13 Å². The number of nitrogens with one attached hydrogen (secondary N) is 1. The summed E-state index contributed by atoms with van der Waals surface area (Å²) in [6.45, 7) is 1.78. The first kappa shape index (κ1) is 16.5. The normalized spacial score (nSPS) is 12.0. The molecular formula is C16H15ClN4O2S. The quantitative estimate of drug-likeness (QED) is 0.748. The number of rotatable bonds is 5. The van der Waals surface area contributed by atoms with Gasteiger partial charge in [-0.2, -0.15) is 5.10 Å². The molecule has 1 unspecified atom stereocenters. The van der Waals surface area contributed by atoms with Crippen molar-refractivity contribution in [3.05, 3.63) is 47.1 Å². The highest BCUT2D eigenvalue weighted by Crippen LogP contribution is 2.31. The maximum atomic E-state index is 12.3. The molecule has 3 rings (SSSR count). The maximum Gasteiger partial charge on any atom is 0.250 e. The molecule has 1 aromatic carbocycles. The zero-order valence-corrected chi connectivity index (χ0v) is 14.6. The van der Waals surface area contributed by atoms with Crippen molar-refractivity contribution in [1.82, 2.24) is 14.8 Å². The lowest BCUT2D eigenvalue weighted by atomic mass is 10.2. The molecule has 0 bridgehead atoms. The van der Waals surface area contributed by atoms with Gasteiger partial charge in [0.05, 0.1) is 17.8 Å². The number of methoxy groups -OCH3 is 1. The molecule has 0 saturated heterocycles. The van der Waals surface area contributed by atoms with E-state index in [1.807, 2.05) is 11.4 Å². The van der Waals surface area contributed by atoms with Crippen LogP contribution in [0.25, 0.3) is 11.3 Å². The van der Waals surface area contributed by atoms with Crippen LogP contribution in [0.2, 0.25) is 5.02 Å². The Hall–Kier alpha value is -2.38. The van der Waals surface area contributed by atoms with Gasteiger partial charge in [0.2, 0.25) is 0 Å². The number of nitrogens with zero attached hydrogens (tertiary/aromatic N) is 3. The molecule has 124 valence electrons. The zero-order valence-electron chi connectivity index (χ0n) is 13.1. The summed E-state index contributed by atoms with van der Waals surface area (Å²) in [7, 11) is 1.57. The van der Waals surface area contributed by atoms with Crippen LogP contribution in [0.3, 0.4) is 0 Å². The average Bonchev–Trinajstić information content (AvgIpc) is 3.26. The molecule has 0 spiro atoms. The van der Waals surface area contributed by atoms with Gasteiger partial charge in [-0.1, -0.05) is 11.6 Å². The van der Waals surface area contributed by atoms with Crippen molar-refractivity contribution in [3.63, 3.8) is 0 Å². The van der Waals surface area contributed by atoms with E-state index in [9.17, 15) is 4.79 Å². The lowest BCUT2D eigenvalue weighted by Crippen LogP contribution is -2.23. The van der Waals surface area contributed by atoms with Gasteiger partial charge in [-0.25, -0.2) is 4.98 Å². The lowest BCUT2D eigenvalue weighted by molar-refractivity contribution is -0.119. The summed E-state index contributed by atoms with van der Waals surface area (Å²) in [5.41, 5.74) is 1.60. The molecule has 24 heavy (non-hydrogen) atoms. The van der Waals surface area contributed by atoms with Gasteiger partial charge in [-0.05, 0) is 31.2 Å². The molecule has 0 fully saturated rings. The summed E-state index contributed by atoms with van der Waals surface area (Å²) in [5.74, 6) is 0.435. The summed E-state index contributed by atoms with van der Waals surface area (Å²) in [5, 5.41) is 9.79. The number of amides is 1. The van der Waals surface area contributed by atoms with Gasteiger partial charge in [0.1, 0.15) is 11.8 Å². The topological polar surface area (TPSA) is 69.0 Å². The first-order chi connectivity index (χ1) is 11.6. The Morgan fingerprint density at radius 3 is 2.96 bits per heavy atom. The molecule has 0 aliphatic rings. The first-order valence-corrected chi connectivity index (χ1v) is 8.43. The Morgan fingerprint density at radius 1 is 1.46 bits per heavy atom. The van der Waals surface area contributed by atoms with Crippen molar-refractivity contribution in [1.29, 1.82) is 0 Å². The minimum Gasteiger partial charge on any atom is -0.495 e. The van der Waals surface area contributed by atoms with E-state index in [1.54, 1.807) is 49.3 Å². The third-order valence-corrected chi connectivity index (χ3v) is 4.54. The van der Waals surface area contributed by atoms with Crippen molar-refractivity contribution in [3.8, 4) is 17.0 Å². The van der Waals surface area contributed by atoms with Crippen LogP contribution in [0.15, 0.2) is 42.0 Å². The van der Waals surface area contributed by atoms with E-state index in [2.05, 4.69) is 15.4 Å². The fraction of sp³-hybridized carbons (Fsp3) is 0.188. The summed E-state index contributed by atoms with van der Waals surface area (Å²) < 4.78 is 6.73. The molecule has 3 aromatic rings. The highest BCUT2D eigenvalue weighted by Gasteiger charge is 2.17. The van der Waals surface area contributed by atoms with E-state index in [4.69, 9.17) is 16.3 Å². The smallest absolute Gasteiger partial charge is 0.250 e. The standard InChI is InChI=1S/C16H15ClN4O2S/c1-10(21-7-3-6-18-21)15(22)20-16-19-13(9-24-16)11-4-5-14(23-2)12(17)8-11/h3-10H,1-2H3,(H,19,20,22). The van der Waals surface area contributed by atoms with Gasteiger partial charge in [0, 0.05) is 23.3 Å². The summed E-state index contributed by atoms with van der Waals surface area (Å²) in [4.78, 5) is 16.7. The van der Waals surface area contributed by atoms with Crippen LogP contribution in [-0.4, -0.2) is 27.8 Å². The van der Waals surface area contributed by atoms with Gasteiger partial charge in [0.25, 0.3) is 5.91 Å². The predicted octanol–water partition coefficient (Wildman–Crippen LogP) is 3.87. The average molecular weight is 363 g/mol. The molecule has 0 aliphatic heterocycles. The number of benzene rings is 1. The van der Waals surface area contributed by atoms with E-state index in [0.717, 1.165) is 11.3 Å². The number of halogens is 1. The SMILES string of the molecule is COc1ccc(-c2csc(NC(=O)C(C)n3cccn3)n2)cc1Cl. The van der Waals surface area contributed by atoms with E-state index in [-0.39, 0.29) is 5.91 Å². The Morgan fingerprint density at radius 2 is 2.29 bits per heavy atom. The van der Waals surface area contributed by atoms with Crippen molar-refractivity contribution in [2.24, 2.45) is 0 Å². The molecule has 1 N–H and O–H groups in total. The number of aromatic nitrogens is 3. The number of hydrogen-bond acceptors (Lipinski definition) is 5. The van der Waals surface area contributed by atoms with Crippen LogP contribution in [0, 0.1) is 0 Å². The van der Waals surface area contributed by atoms with Crippen LogP contribution in [0.5, 0.6) is 5.75 Å². The van der Waals surface area contributed by atoms with Gasteiger partial charge in [0.15, 0.2) is 5.13 Å². The lowest BCUT2D eigenvalue weighted by Gasteiger charge is -2.10. The highest BCUT2D eigenvalue weighted by molar-refractivity contribution is 7.14.